The average Bonchev–Trinajstić information content (AvgIpc) is 2.73. The third-order valence-electron chi connectivity index (χ3n) is 8.08. The van der Waals surface area contributed by atoms with Gasteiger partial charge in [-0.15, -0.1) is 0 Å². The fourth-order valence-electron chi connectivity index (χ4n) is 6.25. The minimum absolute atomic E-state index is 0.0621. The van der Waals surface area contributed by atoms with Gasteiger partial charge in [-0.25, -0.2) is 0 Å². The molecule has 6 heteroatoms. The maximum atomic E-state index is 12.6. The van der Waals surface area contributed by atoms with Crippen molar-refractivity contribution in [2.45, 2.75) is 117 Å². The maximum absolute atomic E-state index is 12.6. The van der Waals surface area contributed by atoms with Crippen LogP contribution in [-0.4, -0.2) is 32.8 Å². The molecule has 0 aliphatic heterocycles. The van der Waals surface area contributed by atoms with Gasteiger partial charge in [0.15, 0.2) is 5.78 Å². The van der Waals surface area contributed by atoms with E-state index in [1.807, 2.05) is 6.92 Å². The van der Waals surface area contributed by atoms with Gasteiger partial charge in [0.05, 0.1) is 6.61 Å². The van der Waals surface area contributed by atoms with E-state index in [0.29, 0.717) is 42.5 Å². The highest BCUT2D eigenvalue weighted by molar-refractivity contribution is 14.1. The lowest BCUT2D eigenvalue weighted by Crippen LogP contribution is -2.54. The molecule has 0 aromatic rings. The van der Waals surface area contributed by atoms with E-state index in [9.17, 15) is 9.59 Å². The monoisotopic (exact) mass is 604 g/mol. The molecule has 0 bridgehead atoms. The fourth-order valence-corrected chi connectivity index (χ4v) is 12.2. The molecule has 0 unspecified atom stereocenters. The number of esters is 1. The molecular formula is C28H49IO4Si. The Bertz CT molecular complexity index is 708. The largest absolute Gasteiger partial charge is 0.466 e. The zero-order valence-electron chi connectivity index (χ0n) is 23.1. The lowest BCUT2D eigenvalue weighted by molar-refractivity contribution is -0.147. The number of hydrogen-bond acceptors (Lipinski definition) is 4. The number of rotatable bonds is 13. The SMILES string of the molecule is C=C(I)CCC(=O)/C=C/[C@@]1(C)CC[C@H](O[Si](C(C)C)(C(C)C)C(C)C)[C@@H](C)[C@@H]1CC(=O)OCC. The molecule has 0 saturated heterocycles. The molecule has 0 radical (unpaired) electrons. The van der Waals surface area contributed by atoms with Crippen LogP contribution >= 0.6 is 22.6 Å². The van der Waals surface area contributed by atoms with Crippen molar-refractivity contribution in [1.82, 2.24) is 0 Å². The second kappa shape index (κ2) is 13.7. The molecule has 1 aliphatic rings. The molecule has 0 aromatic heterocycles. The average molecular weight is 605 g/mol. The third-order valence-corrected chi connectivity index (χ3v) is 14.7. The Balaban J connectivity index is 3.25. The molecular weight excluding hydrogens is 555 g/mol. The number of halogens is 1. The zero-order valence-corrected chi connectivity index (χ0v) is 26.2. The van der Waals surface area contributed by atoms with Crippen LogP contribution in [-0.2, 0) is 18.8 Å². The van der Waals surface area contributed by atoms with Crippen molar-refractivity contribution in [2.75, 3.05) is 6.61 Å². The highest BCUT2D eigenvalue weighted by atomic mass is 127. The van der Waals surface area contributed by atoms with Gasteiger partial charge in [-0.3, -0.25) is 9.59 Å². The Morgan fingerprint density at radius 1 is 1.12 bits per heavy atom. The van der Waals surface area contributed by atoms with Gasteiger partial charge in [-0.05, 0) is 92.3 Å². The summed E-state index contributed by atoms with van der Waals surface area (Å²) in [6, 6.07) is 0. The van der Waals surface area contributed by atoms with E-state index in [1.54, 1.807) is 6.08 Å². The van der Waals surface area contributed by atoms with E-state index in [4.69, 9.17) is 9.16 Å². The first kappa shape index (κ1) is 31.6. The highest BCUT2D eigenvalue weighted by Crippen LogP contribution is 2.51. The van der Waals surface area contributed by atoms with Gasteiger partial charge in [0.1, 0.15) is 0 Å². The van der Waals surface area contributed by atoms with E-state index < -0.39 is 8.32 Å². The first-order valence-corrected chi connectivity index (χ1v) is 16.3. The Kier molecular flexibility index (Phi) is 12.7. The van der Waals surface area contributed by atoms with Crippen LogP contribution in [0.2, 0.25) is 16.6 Å². The topological polar surface area (TPSA) is 52.6 Å². The molecule has 196 valence electrons. The molecule has 0 aromatic carbocycles. The number of carbonyl (C=O) groups excluding carboxylic acids is 2. The van der Waals surface area contributed by atoms with Gasteiger partial charge >= 0.3 is 5.97 Å². The van der Waals surface area contributed by atoms with Crippen LogP contribution in [0.25, 0.3) is 0 Å². The smallest absolute Gasteiger partial charge is 0.306 e. The first-order valence-electron chi connectivity index (χ1n) is 13.1. The lowest BCUT2D eigenvalue weighted by atomic mass is 9.60. The van der Waals surface area contributed by atoms with Gasteiger partial charge in [-0.1, -0.05) is 68.0 Å². The predicted octanol–water partition coefficient (Wildman–Crippen LogP) is 8.41. The van der Waals surface area contributed by atoms with Crippen molar-refractivity contribution in [3.63, 3.8) is 0 Å². The number of allylic oxidation sites excluding steroid dienone is 3. The van der Waals surface area contributed by atoms with Crippen molar-refractivity contribution in [2.24, 2.45) is 17.3 Å². The van der Waals surface area contributed by atoms with E-state index in [-0.39, 0.29) is 35.1 Å². The van der Waals surface area contributed by atoms with Crippen LogP contribution in [0.1, 0.15) is 94.4 Å². The molecule has 0 heterocycles. The van der Waals surface area contributed by atoms with Crippen molar-refractivity contribution in [3.05, 3.63) is 22.3 Å². The molecule has 0 N–H and O–H groups in total. The van der Waals surface area contributed by atoms with Crippen molar-refractivity contribution >= 4 is 42.7 Å². The van der Waals surface area contributed by atoms with E-state index in [2.05, 4.69) is 90.6 Å². The Labute approximate surface area is 224 Å². The van der Waals surface area contributed by atoms with Crippen LogP contribution in [0.4, 0.5) is 0 Å². The number of ketones is 1. The van der Waals surface area contributed by atoms with Crippen LogP contribution in [0.15, 0.2) is 22.3 Å². The molecule has 1 rings (SSSR count). The van der Waals surface area contributed by atoms with Crippen LogP contribution in [0.5, 0.6) is 0 Å². The minimum atomic E-state index is -2.04. The van der Waals surface area contributed by atoms with Crippen molar-refractivity contribution in [1.29, 1.82) is 0 Å². The third kappa shape index (κ3) is 8.02. The van der Waals surface area contributed by atoms with Gasteiger partial charge < -0.3 is 9.16 Å². The molecule has 34 heavy (non-hydrogen) atoms. The predicted molar refractivity (Wildman–Crippen MR) is 154 cm³/mol. The molecule has 4 atom stereocenters. The lowest BCUT2D eigenvalue weighted by Gasteiger charge is -2.52. The summed E-state index contributed by atoms with van der Waals surface area (Å²) in [6.07, 6.45) is 7.30. The van der Waals surface area contributed by atoms with Gasteiger partial charge in [0, 0.05) is 18.9 Å². The van der Waals surface area contributed by atoms with E-state index >= 15 is 0 Å². The van der Waals surface area contributed by atoms with E-state index in [0.717, 1.165) is 16.4 Å². The summed E-state index contributed by atoms with van der Waals surface area (Å²) in [5.74, 6) is 0.213. The normalized spacial score (nSPS) is 26.0. The number of ether oxygens (including phenoxy) is 1. The number of carbonyl (C=O) groups is 2. The highest BCUT2D eigenvalue weighted by Gasteiger charge is 2.51. The molecule has 0 amide bonds. The summed E-state index contributed by atoms with van der Waals surface area (Å²) in [4.78, 5) is 25.1. The zero-order chi connectivity index (χ0) is 26.3. The molecule has 4 nitrogen and oxygen atoms in total. The van der Waals surface area contributed by atoms with Crippen molar-refractivity contribution < 1.29 is 18.8 Å². The van der Waals surface area contributed by atoms with Gasteiger partial charge in [0.2, 0.25) is 8.32 Å². The summed E-state index contributed by atoms with van der Waals surface area (Å²) in [5.41, 5.74) is 1.30. The summed E-state index contributed by atoms with van der Waals surface area (Å²) in [5, 5.41) is 0. The van der Waals surface area contributed by atoms with E-state index in [1.165, 1.54) is 0 Å². The van der Waals surface area contributed by atoms with Crippen molar-refractivity contribution in [3.8, 4) is 0 Å². The summed E-state index contributed by atoms with van der Waals surface area (Å²) >= 11 is 2.17. The van der Waals surface area contributed by atoms with Gasteiger partial charge in [0.25, 0.3) is 0 Å². The Morgan fingerprint density at radius 3 is 2.15 bits per heavy atom. The molecule has 1 aliphatic carbocycles. The summed E-state index contributed by atoms with van der Waals surface area (Å²) < 4.78 is 13.6. The van der Waals surface area contributed by atoms with Crippen LogP contribution in [0.3, 0.4) is 0 Å². The second-order valence-electron chi connectivity index (χ2n) is 11.3. The number of hydrogen-bond donors (Lipinski definition) is 0. The summed E-state index contributed by atoms with van der Waals surface area (Å²) in [6.45, 7) is 24.5. The summed E-state index contributed by atoms with van der Waals surface area (Å²) in [7, 11) is -2.04. The Hall–Kier alpha value is -0.473. The molecule has 1 fully saturated rings. The van der Waals surface area contributed by atoms with Gasteiger partial charge in [-0.2, -0.15) is 0 Å². The van der Waals surface area contributed by atoms with Crippen LogP contribution in [0, 0.1) is 17.3 Å². The van der Waals surface area contributed by atoms with Crippen LogP contribution < -0.4 is 0 Å². The fraction of sp³-hybridized carbons (Fsp3) is 0.786. The quantitative estimate of drug-likeness (QED) is 0.0917. The Morgan fingerprint density at radius 2 is 1.68 bits per heavy atom. The molecule has 1 saturated carbocycles. The maximum Gasteiger partial charge on any atom is 0.306 e. The second-order valence-corrected chi connectivity index (χ2v) is 18.2. The standard InChI is InChI=1S/C28H49IO4Si/c1-11-32-27(31)18-25-23(9)26(33-34(19(2)3,20(4)5)21(6)7)15-17-28(25,10)16-14-24(30)13-12-22(8)29/h14,16,19-21,23,25-26H,8,11-13,15,17-18H2,1-7,9-10H3/b16-14+/t23-,25-,26-,28-/m0/s1. The minimum Gasteiger partial charge on any atom is -0.466 e. The first-order chi connectivity index (χ1) is 15.7. The molecule has 0 spiro atoms.